The molecular weight excluding hydrogens is 290 g/mol. The van der Waals surface area contributed by atoms with Crippen LogP contribution in [0.3, 0.4) is 0 Å². The van der Waals surface area contributed by atoms with E-state index < -0.39 is 0 Å². The van der Waals surface area contributed by atoms with Crippen molar-refractivity contribution < 1.29 is 9.53 Å². The smallest absolute Gasteiger partial charge is 0.229 e. The fraction of sp³-hybridized carbons (Fsp3) is 0.444. The van der Waals surface area contributed by atoms with Gasteiger partial charge in [0.15, 0.2) is 0 Å². The Labute approximate surface area is 135 Å². The van der Waals surface area contributed by atoms with Gasteiger partial charge in [0.25, 0.3) is 0 Å². The summed E-state index contributed by atoms with van der Waals surface area (Å²) in [4.78, 5) is 19.4. The predicted molar refractivity (Wildman–Crippen MR) is 85.6 cm³/mol. The number of benzene rings is 1. The molecule has 0 N–H and O–H groups in total. The Morgan fingerprint density at radius 1 is 1.30 bits per heavy atom. The van der Waals surface area contributed by atoms with Gasteiger partial charge in [-0.1, -0.05) is 24.3 Å². The summed E-state index contributed by atoms with van der Waals surface area (Å²) in [6.07, 6.45) is 5.14. The van der Waals surface area contributed by atoms with E-state index in [1.165, 1.54) is 11.1 Å². The van der Waals surface area contributed by atoms with Crippen molar-refractivity contribution in [2.45, 2.75) is 25.5 Å². The first kappa shape index (κ1) is 14.5. The van der Waals surface area contributed by atoms with Crippen LogP contribution in [0.25, 0.3) is 0 Å². The van der Waals surface area contributed by atoms with Crippen LogP contribution in [-0.2, 0) is 29.5 Å². The molecule has 23 heavy (non-hydrogen) atoms. The van der Waals surface area contributed by atoms with E-state index in [2.05, 4.69) is 23.2 Å². The van der Waals surface area contributed by atoms with Crippen molar-refractivity contribution in [2.75, 3.05) is 13.2 Å². The fourth-order valence-electron chi connectivity index (χ4n) is 3.67. The monoisotopic (exact) mass is 311 g/mol. The van der Waals surface area contributed by atoms with Crippen LogP contribution in [0.5, 0.6) is 0 Å². The van der Waals surface area contributed by atoms with Gasteiger partial charge in [0.05, 0.1) is 5.92 Å². The Balaban J connectivity index is 1.54. The first-order valence-corrected chi connectivity index (χ1v) is 8.18. The maximum atomic E-state index is 13.0. The lowest BCUT2D eigenvalue weighted by molar-refractivity contribution is -0.138. The van der Waals surface area contributed by atoms with Gasteiger partial charge in [-0.15, -0.1) is 0 Å². The summed E-state index contributed by atoms with van der Waals surface area (Å²) < 4.78 is 7.79. The highest BCUT2D eigenvalue weighted by atomic mass is 16.5. The molecule has 0 aliphatic carbocycles. The average molecular weight is 311 g/mol. The Bertz CT molecular complexity index is 725. The van der Waals surface area contributed by atoms with Gasteiger partial charge in [-0.2, -0.15) is 0 Å². The number of aromatic nitrogens is 2. The van der Waals surface area contributed by atoms with E-state index in [0.717, 1.165) is 25.2 Å². The molecule has 1 amide bonds. The van der Waals surface area contributed by atoms with Crippen LogP contribution < -0.4 is 0 Å². The van der Waals surface area contributed by atoms with Crippen LogP contribution in [0, 0.1) is 5.92 Å². The normalized spacial score (nSPS) is 23.8. The maximum Gasteiger partial charge on any atom is 0.229 e. The van der Waals surface area contributed by atoms with Crippen molar-refractivity contribution in [3.63, 3.8) is 0 Å². The molecule has 0 radical (unpaired) electrons. The Morgan fingerprint density at radius 2 is 2.13 bits per heavy atom. The fourth-order valence-corrected chi connectivity index (χ4v) is 3.67. The summed E-state index contributed by atoms with van der Waals surface area (Å²) in [6.45, 7) is 2.12. The molecule has 2 atom stereocenters. The molecule has 1 aromatic carbocycles. The molecule has 0 unspecified atom stereocenters. The quantitative estimate of drug-likeness (QED) is 0.853. The number of amides is 1. The number of ether oxygens (including phenoxy) is 1. The van der Waals surface area contributed by atoms with Gasteiger partial charge >= 0.3 is 0 Å². The van der Waals surface area contributed by atoms with Gasteiger partial charge in [-0.05, 0) is 24.0 Å². The zero-order valence-electron chi connectivity index (χ0n) is 13.3. The molecule has 4 rings (SSSR count). The number of hydrogen-bond acceptors (Lipinski definition) is 3. The van der Waals surface area contributed by atoms with E-state index in [0.29, 0.717) is 13.2 Å². The molecule has 3 heterocycles. The minimum atomic E-state index is -0.223. The van der Waals surface area contributed by atoms with Crippen molar-refractivity contribution in [3.8, 4) is 0 Å². The van der Waals surface area contributed by atoms with E-state index >= 15 is 0 Å². The third-order valence-corrected chi connectivity index (χ3v) is 4.96. The van der Waals surface area contributed by atoms with Crippen LogP contribution in [0.4, 0.5) is 0 Å². The van der Waals surface area contributed by atoms with E-state index in [9.17, 15) is 4.79 Å². The Kier molecular flexibility index (Phi) is 3.65. The van der Waals surface area contributed by atoms with E-state index in [1.54, 1.807) is 6.20 Å². The third kappa shape index (κ3) is 2.55. The molecule has 0 spiro atoms. The largest absolute Gasteiger partial charge is 0.369 e. The number of aryl methyl sites for hydroxylation is 1. The van der Waals surface area contributed by atoms with Crippen molar-refractivity contribution in [1.82, 2.24) is 14.5 Å². The number of carbonyl (C=O) groups is 1. The number of imidazole rings is 1. The summed E-state index contributed by atoms with van der Waals surface area (Å²) >= 11 is 0. The topological polar surface area (TPSA) is 47.4 Å². The highest BCUT2D eigenvalue weighted by Crippen LogP contribution is 2.35. The number of nitrogens with zero attached hydrogens (tertiary/aromatic N) is 3. The lowest BCUT2D eigenvalue weighted by atomic mass is 9.95. The van der Waals surface area contributed by atoms with Gasteiger partial charge < -0.3 is 14.2 Å². The lowest BCUT2D eigenvalue weighted by Crippen LogP contribution is -2.40. The highest BCUT2D eigenvalue weighted by Gasteiger charge is 2.40. The SMILES string of the molecule is Cn1ccnc1[C@@H]1OCC[C@H]1C(=O)N1CCc2ccccc2C1. The van der Waals surface area contributed by atoms with Crippen molar-refractivity contribution in [2.24, 2.45) is 13.0 Å². The second-order valence-electron chi connectivity index (χ2n) is 6.36. The molecule has 2 aromatic rings. The molecule has 2 aliphatic rings. The van der Waals surface area contributed by atoms with Crippen LogP contribution in [0.1, 0.15) is 29.5 Å². The minimum absolute atomic E-state index is 0.124. The molecule has 5 nitrogen and oxygen atoms in total. The van der Waals surface area contributed by atoms with Crippen molar-refractivity contribution in [3.05, 3.63) is 53.6 Å². The van der Waals surface area contributed by atoms with Crippen LogP contribution in [-0.4, -0.2) is 33.5 Å². The van der Waals surface area contributed by atoms with Crippen LogP contribution >= 0.6 is 0 Å². The molecule has 1 aromatic heterocycles. The Hall–Kier alpha value is -2.14. The first-order valence-electron chi connectivity index (χ1n) is 8.18. The molecule has 0 saturated carbocycles. The molecule has 120 valence electrons. The minimum Gasteiger partial charge on any atom is -0.369 e. The van der Waals surface area contributed by atoms with Gasteiger partial charge in [0.1, 0.15) is 11.9 Å². The first-order chi connectivity index (χ1) is 11.2. The number of fused-ring (bicyclic) bond motifs is 1. The lowest BCUT2D eigenvalue weighted by Gasteiger charge is -2.32. The number of rotatable bonds is 2. The van der Waals surface area contributed by atoms with Gasteiger partial charge in [-0.3, -0.25) is 4.79 Å². The highest BCUT2D eigenvalue weighted by molar-refractivity contribution is 5.80. The van der Waals surface area contributed by atoms with E-state index in [-0.39, 0.29) is 17.9 Å². The molecule has 2 aliphatic heterocycles. The Morgan fingerprint density at radius 3 is 2.91 bits per heavy atom. The summed E-state index contributed by atoms with van der Waals surface area (Å²) in [5.41, 5.74) is 2.62. The molecule has 0 bridgehead atoms. The van der Waals surface area contributed by atoms with E-state index in [4.69, 9.17) is 4.74 Å². The second kappa shape index (κ2) is 5.81. The van der Waals surface area contributed by atoms with Crippen molar-refractivity contribution >= 4 is 5.91 Å². The zero-order valence-corrected chi connectivity index (χ0v) is 13.3. The summed E-state index contributed by atoms with van der Waals surface area (Å²) in [5, 5.41) is 0. The standard InChI is InChI=1S/C18H21N3O2/c1-20-10-8-19-17(20)16-15(7-11-23-16)18(22)21-9-6-13-4-2-3-5-14(13)12-21/h2-5,8,10,15-16H,6-7,9,11-12H2,1H3/t15-,16-/m1/s1. The third-order valence-electron chi connectivity index (χ3n) is 4.96. The average Bonchev–Trinajstić information content (AvgIpc) is 3.22. The summed E-state index contributed by atoms with van der Waals surface area (Å²) in [7, 11) is 1.95. The summed E-state index contributed by atoms with van der Waals surface area (Å²) in [6, 6.07) is 8.39. The van der Waals surface area contributed by atoms with Crippen molar-refractivity contribution in [1.29, 1.82) is 0 Å². The zero-order chi connectivity index (χ0) is 15.8. The maximum absolute atomic E-state index is 13.0. The molecular formula is C18H21N3O2. The molecule has 1 fully saturated rings. The van der Waals surface area contributed by atoms with Gasteiger partial charge in [0, 0.05) is 39.1 Å². The van der Waals surface area contributed by atoms with E-state index in [1.807, 2.05) is 28.8 Å². The molecule has 5 heteroatoms. The second-order valence-corrected chi connectivity index (χ2v) is 6.36. The summed E-state index contributed by atoms with van der Waals surface area (Å²) in [5.74, 6) is 0.921. The van der Waals surface area contributed by atoms with Gasteiger partial charge in [-0.25, -0.2) is 4.98 Å². The van der Waals surface area contributed by atoms with Gasteiger partial charge in [0.2, 0.25) is 5.91 Å². The number of hydrogen-bond donors (Lipinski definition) is 0. The predicted octanol–water partition coefficient (Wildman–Crippen LogP) is 2.08. The number of carbonyl (C=O) groups excluding carboxylic acids is 1. The molecule has 1 saturated heterocycles. The van der Waals surface area contributed by atoms with Crippen LogP contribution in [0.2, 0.25) is 0 Å². The van der Waals surface area contributed by atoms with Crippen LogP contribution in [0.15, 0.2) is 36.7 Å².